The van der Waals surface area contributed by atoms with Crippen LogP contribution in [0, 0.1) is 0 Å². The fourth-order valence-electron chi connectivity index (χ4n) is 2.74. The molecular weight excluding hydrogens is 288 g/mol. The summed E-state index contributed by atoms with van der Waals surface area (Å²) in [6.45, 7) is 0.334. The van der Waals surface area contributed by atoms with Crippen molar-refractivity contribution in [2.45, 2.75) is 38.3 Å². The molecule has 0 N–H and O–H groups in total. The maximum absolute atomic E-state index is 11.1. The number of halogens is 1. The van der Waals surface area contributed by atoms with E-state index >= 15 is 0 Å². The van der Waals surface area contributed by atoms with Gasteiger partial charge in [-0.2, -0.15) is 5.10 Å². The molecule has 0 bridgehead atoms. The number of ether oxygens (including phenoxy) is 1. The SMILES string of the molecule is O=Cc1c(Cl)cccc1OCc1ccn(C2CCCC2)n1. The summed E-state index contributed by atoms with van der Waals surface area (Å²) < 4.78 is 7.71. The van der Waals surface area contributed by atoms with E-state index in [0.717, 1.165) is 12.0 Å². The van der Waals surface area contributed by atoms with Gasteiger partial charge in [-0.15, -0.1) is 0 Å². The van der Waals surface area contributed by atoms with Crippen molar-refractivity contribution in [1.29, 1.82) is 0 Å². The lowest BCUT2D eigenvalue weighted by Crippen LogP contribution is -2.06. The Labute approximate surface area is 128 Å². The minimum Gasteiger partial charge on any atom is -0.486 e. The molecular formula is C16H17ClN2O2. The molecule has 0 spiro atoms. The zero-order valence-corrected chi connectivity index (χ0v) is 12.4. The average molecular weight is 305 g/mol. The number of carbonyl (C=O) groups excluding carboxylic acids is 1. The van der Waals surface area contributed by atoms with Crippen LogP contribution in [0.1, 0.15) is 47.8 Å². The Morgan fingerprint density at radius 1 is 1.33 bits per heavy atom. The van der Waals surface area contributed by atoms with Crippen LogP contribution in [0.4, 0.5) is 0 Å². The van der Waals surface area contributed by atoms with Gasteiger partial charge in [0.1, 0.15) is 12.4 Å². The molecule has 1 aliphatic rings. The first-order valence-corrected chi connectivity index (χ1v) is 7.56. The van der Waals surface area contributed by atoms with E-state index in [9.17, 15) is 4.79 Å². The molecule has 1 aromatic carbocycles. The topological polar surface area (TPSA) is 44.1 Å². The first kappa shape index (κ1) is 14.1. The molecule has 1 aromatic heterocycles. The van der Waals surface area contributed by atoms with Crippen LogP contribution in [0.5, 0.6) is 5.75 Å². The number of aldehydes is 1. The molecule has 110 valence electrons. The standard InChI is InChI=1S/C16H17ClN2O2/c17-15-6-3-7-16(14(15)10-20)21-11-12-8-9-19(18-12)13-4-1-2-5-13/h3,6-10,13H,1-2,4-5,11H2. The molecule has 2 aromatic rings. The molecule has 4 nitrogen and oxygen atoms in total. The summed E-state index contributed by atoms with van der Waals surface area (Å²) in [4.78, 5) is 11.1. The number of hydrogen-bond donors (Lipinski definition) is 0. The van der Waals surface area contributed by atoms with Gasteiger partial charge in [-0.3, -0.25) is 9.48 Å². The minimum absolute atomic E-state index is 0.334. The summed E-state index contributed by atoms with van der Waals surface area (Å²) in [7, 11) is 0. The van der Waals surface area contributed by atoms with Gasteiger partial charge in [-0.05, 0) is 31.0 Å². The maximum atomic E-state index is 11.1. The van der Waals surface area contributed by atoms with Gasteiger partial charge in [-0.1, -0.05) is 30.5 Å². The van der Waals surface area contributed by atoms with Crippen LogP contribution in [-0.2, 0) is 6.61 Å². The summed E-state index contributed by atoms with van der Waals surface area (Å²) in [6.07, 6.45) is 7.68. The quantitative estimate of drug-likeness (QED) is 0.783. The monoisotopic (exact) mass is 304 g/mol. The fourth-order valence-corrected chi connectivity index (χ4v) is 2.95. The highest BCUT2D eigenvalue weighted by Gasteiger charge is 2.17. The van der Waals surface area contributed by atoms with Crippen LogP contribution < -0.4 is 4.74 Å². The first-order valence-electron chi connectivity index (χ1n) is 7.18. The van der Waals surface area contributed by atoms with Crippen LogP contribution in [-0.4, -0.2) is 16.1 Å². The van der Waals surface area contributed by atoms with Gasteiger partial charge in [-0.25, -0.2) is 0 Å². The van der Waals surface area contributed by atoms with Gasteiger partial charge >= 0.3 is 0 Å². The van der Waals surface area contributed by atoms with Crippen molar-refractivity contribution in [3.8, 4) is 5.75 Å². The molecule has 0 amide bonds. The van der Waals surface area contributed by atoms with Crippen LogP contribution >= 0.6 is 11.6 Å². The third-order valence-corrected chi connectivity index (χ3v) is 4.20. The van der Waals surface area contributed by atoms with Crippen molar-refractivity contribution in [2.24, 2.45) is 0 Å². The lowest BCUT2D eigenvalue weighted by atomic mass is 10.2. The van der Waals surface area contributed by atoms with E-state index < -0.39 is 0 Å². The van der Waals surface area contributed by atoms with E-state index in [1.54, 1.807) is 18.2 Å². The molecule has 1 saturated carbocycles. The van der Waals surface area contributed by atoms with Crippen LogP contribution in [0.3, 0.4) is 0 Å². The Kier molecular flexibility index (Phi) is 4.25. The number of aromatic nitrogens is 2. The smallest absolute Gasteiger partial charge is 0.155 e. The molecule has 0 atom stereocenters. The molecule has 1 heterocycles. The van der Waals surface area contributed by atoms with E-state index in [1.807, 2.05) is 16.9 Å². The Bertz CT molecular complexity index is 633. The predicted molar refractivity (Wildman–Crippen MR) is 80.9 cm³/mol. The molecule has 21 heavy (non-hydrogen) atoms. The summed E-state index contributed by atoms with van der Waals surface area (Å²) in [5.41, 5.74) is 1.24. The van der Waals surface area contributed by atoms with E-state index in [-0.39, 0.29) is 0 Å². The fraction of sp³-hybridized carbons (Fsp3) is 0.375. The summed E-state index contributed by atoms with van der Waals surface area (Å²) >= 11 is 5.97. The average Bonchev–Trinajstić information content (AvgIpc) is 3.16. The van der Waals surface area contributed by atoms with Crippen molar-refractivity contribution in [1.82, 2.24) is 9.78 Å². The Morgan fingerprint density at radius 2 is 2.14 bits per heavy atom. The van der Waals surface area contributed by atoms with E-state index in [0.29, 0.717) is 29.0 Å². The zero-order chi connectivity index (χ0) is 14.7. The number of benzene rings is 1. The van der Waals surface area contributed by atoms with E-state index in [4.69, 9.17) is 16.3 Å². The van der Waals surface area contributed by atoms with Crippen molar-refractivity contribution in [3.05, 3.63) is 46.7 Å². The zero-order valence-electron chi connectivity index (χ0n) is 11.7. The second-order valence-electron chi connectivity index (χ2n) is 5.28. The largest absolute Gasteiger partial charge is 0.486 e. The molecule has 1 aliphatic carbocycles. The Hall–Kier alpha value is -1.81. The first-order chi connectivity index (χ1) is 10.3. The van der Waals surface area contributed by atoms with Crippen molar-refractivity contribution < 1.29 is 9.53 Å². The maximum Gasteiger partial charge on any atom is 0.155 e. The third kappa shape index (κ3) is 3.10. The normalized spacial score (nSPS) is 15.3. The number of carbonyl (C=O) groups is 1. The van der Waals surface area contributed by atoms with Crippen LogP contribution in [0.15, 0.2) is 30.5 Å². The molecule has 1 fully saturated rings. The summed E-state index contributed by atoms with van der Waals surface area (Å²) in [5.74, 6) is 0.493. The van der Waals surface area contributed by atoms with Gasteiger partial charge in [0.15, 0.2) is 6.29 Å². The highest BCUT2D eigenvalue weighted by molar-refractivity contribution is 6.33. The Morgan fingerprint density at radius 3 is 2.90 bits per heavy atom. The lowest BCUT2D eigenvalue weighted by molar-refractivity contribution is 0.111. The van der Waals surface area contributed by atoms with Crippen LogP contribution in [0.25, 0.3) is 0 Å². The van der Waals surface area contributed by atoms with Crippen molar-refractivity contribution in [2.75, 3.05) is 0 Å². The van der Waals surface area contributed by atoms with Gasteiger partial charge in [0.25, 0.3) is 0 Å². The molecule has 0 unspecified atom stereocenters. The van der Waals surface area contributed by atoms with Crippen molar-refractivity contribution >= 4 is 17.9 Å². The molecule has 5 heteroatoms. The predicted octanol–water partition coefficient (Wildman–Crippen LogP) is 4.04. The number of hydrogen-bond acceptors (Lipinski definition) is 3. The van der Waals surface area contributed by atoms with E-state index in [2.05, 4.69) is 5.10 Å². The second-order valence-corrected chi connectivity index (χ2v) is 5.69. The molecule has 0 saturated heterocycles. The van der Waals surface area contributed by atoms with Gasteiger partial charge in [0.05, 0.1) is 22.3 Å². The molecule has 3 rings (SSSR count). The van der Waals surface area contributed by atoms with Gasteiger partial charge in [0, 0.05) is 6.20 Å². The number of nitrogens with zero attached hydrogens (tertiary/aromatic N) is 2. The minimum atomic E-state index is 0.334. The lowest BCUT2D eigenvalue weighted by Gasteiger charge is -2.10. The van der Waals surface area contributed by atoms with Gasteiger partial charge < -0.3 is 4.74 Å². The summed E-state index contributed by atoms with van der Waals surface area (Å²) in [6, 6.07) is 7.66. The summed E-state index contributed by atoms with van der Waals surface area (Å²) in [5, 5.41) is 4.96. The molecule has 0 aliphatic heterocycles. The van der Waals surface area contributed by atoms with Crippen LogP contribution in [0.2, 0.25) is 5.02 Å². The second kappa shape index (κ2) is 6.31. The highest BCUT2D eigenvalue weighted by Crippen LogP contribution is 2.29. The number of rotatable bonds is 5. The van der Waals surface area contributed by atoms with E-state index in [1.165, 1.54) is 25.7 Å². The van der Waals surface area contributed by atoms with Crippen molar-refractivity contribution in [3.63, 3.8) is 0 Å². The molecule has 0 radical (unpaired) electrons. The third-order valence-electron chi connectivity index (χ3n) is 3.87. The van der Waals surface area contributed by atoms with Gasteiger partial charge in [0.2, 0.25) is 0 Å². The highest BCUT2D eigenvalue weighted by atomic mass is 35.5. The Balaban J connectivity index is 1.68.